The molecule has 0 fully saturated rings. The van der Waals surface area contributed by atoms with Gasteiger partial charge in [-0.1, -0.05) is 19.8 Å². The molecular weight excluding hydrogens is 386 g/mol. The van der Waals surface area contributed by atoms with E-state index in [0.717, 1.165) is 19.3 Å². The zero-order chi connectivity index (χ0) is 21.9. The molecule has 0 bridgehead atoms. The second kappa shape index (κ2) is 11.6. The summed E-state index contributed by atoms with van der Waals surface area (Å²) in [6, 6.07) is 11.2. The molecule has 0 aliphatic heterocycles. The first-order chi connectivity index (χ1) is 14.5. The van der Waals surface area contributed by atoms with Gasteiger partial charge in [0.15, 0.2) is 12.4 Å². The van der Waals surface area contributed by atoms with Crippen molar-refractivity contribution < 1.29 is 28.6 Å². The van der Waals surface area contributed by atoms with Gasteiger partial charge in [-0.05, 0) is 42.8 Å². The number of unbranched alkanes of at least 4 members (excludes halogenated alkanes) is 2. The summed E-state index contributed by atoms with van der Waals surface area (Å²) in [5.41, 5.74) is 1.20. The Hall–Kier alpha value is -3.35. The van der Waals surface area contributed by atoms with Crippen LogP contribution in [0.1, 0.15) is 53.3 Å². The van der Waals surface area contributed by atoms with Crippen molar-refractivity contribution in [1.82, 2.24) is 0 Å². The average Bonchev–Trinajstić information content (AvgIpc) is 2.77. The number of hydrogen-bond donors (Lipinski definition) is 1. The zero-order valence-corrected chi connectivity index (χ0v) is 17.5. The molecule has 30 heavy (non-hydrogen) atoms. The van der Waals surface area contributed by atoms with Gasteiger partial charge in [0, 0.05) is 23.7 Å². The lowest BCUT2D eigenvalue weighted by molar-refractivity contribution is -0.116. The number of ketones is 1. The number of hydrogen-bond acceptors (Lipinski definition) is 6. The van der Waals surface area contributed by atoms with Crippen LogP contribution in [-0.4, -0.2) is 38.5 Å². The van der Waals surface area contributed by atoms with Crippen molar-refractivity contribution in [3.63, 3.8) is 0 Å². The van der Waals surface area contributed by atoms with Gasteiger partial charge in [0.2, 0.25) is 5.91 Å². The van der Waals surface area contributed by atoms with Crippen LogP contribution >= 0.6 is 0 Å². The van der Waals surface area contributed by atoms with E-state index < -0.39 is 12.6 Å². The molecule has 0 saturated heterocycles. The van der Waals surface area contributed by atoms with E-state index in [1.54, 1.807) is 36.4 Å². The third kappa shape index (κ3) is 6.62. The molecule has 0 saturated carbocycles. The van der Waals surface area contributed by atoms with Crippen LogP contribution in [-0.2, 0) is 9.53 Å². The summed E-state index contributed by atoms with van der Waals surface area (Å²) in [5.74, 6) is -0.233. The Morgan fingerprint density at radius 2 is 1.67 bits per heavy atom. The monoisotopic (exact) mass is 413 g/mol. The van der Waals surface area contributed by atoms with Crippen LogP contribution in [0.2, 0.25) is 0 Å². The molecule has 160 valence electrons. The first-order valence-corrected chi connectivity index (χ1v) is 9.80. The number of carbonyl (C=O) groups is 3. The van der Waals surface area contributed by atoms with E-state index in [1.165, 1.54) is 20.3 Å². The first kappa shape index (κ1) is 22.9. The topological polar surface area (TPSA) is 90.9 Å². The Morgan fingerprint density at radius 3 is 2.30 bits per heavy atom. The van der Waals surface area contributed by atoms with Gasteiger partial charge in [-0.2, -0.15) is 0 Å². The van der Waals surface area contributed by atoms with Crippen molar-refractivity contribution in [3.05, 3.63) is 53.6 Å². The summed E-state index contributed by atoms with van der Waals surface area (Å²) < 4.78 is 15.4. The van der Waals surface area contributed by atoms with Gasteiger partial charge in [0.25, 0.3) is 0 Å². The van der Waals surface area contributed by atoms with Crippen molar-refractivity contribution in [1.29, 1.82) is 0 Å². The number of rotatable bonds is 11. The highest BCUT2D eigenvalue weighted by atomic mass is 16.5. The van der Waals surface area contributed by atoms with E-state index in [2.05, 4.69) is 12.2 Å². The zero-order valence-electron chi connectivity index (χ0n) is 17.5. The number of Topliss-reactive ketones (excluding diaryl/α,β-unsaturated/α-hetero) is 1. The van der Waals surface area contributed by atoms with Crippen molar-refractivity contribution in [2.24, 2.45) is 0 Å². The minimum atomic E-state index is -0.668. The summed E-state index contributed by atoms with van der Waals surface area (Å²) in [5, 5.41) is 2.80. The molecule has 0 atom stereocenters. The van der Waals surface area contributed by atoms with Gasteiger partial charge in [-0.25, -0.2) is 4.79 Å². The summed E-state index contributed by atoms with van der Waals surface area (Å²) >= 11 is 0. The minimum Gasteiger partial charge on any atom is -0.497 e. The number of methoxy groups -OCH3 is 2. The highest BCUT2D eigenvalue weighted by Crippen LogP contribution is 2.25. The van der Waals surface area contributed by atoms with Crippen LogP contribution < -0.4 is 14.8 Å². The van der Waals surface area contributed by atoms with Crippen LogP contribution in [0.4, 0.5) is 5.69 Å². The van der Waals surface area contributed by atoms with E-state index in [4.69, 9.17) is 14.2 Å². The maximum absolute atomic E-state index is 12.3. The van der Waals surface area contributed by atoms with Crippen LogP contribution in [0, 0.1) is 0 Å². The van der Waals surface area contributed by atoms with Crippen LogP contribution in [0.5, 0.6) is 11.5 Å². The van der Waals surface area contributed by atoms with E-state index in [0.29, 0.717) is 29.2 Å². The second-order valence-electron chi connectivity index (χ2n) is 6.65. The number of ether oxygens (including phenoxy) is 3. The molecule has 7 heteroatoms. The number of benzene rings is 2. The molecule has 7 nitrogen and oxygen atoms in total. The van der Waals surface area contributed by atoms with Gasteiger partial charge >= 0.3 is 5.97 Å². The van der Waals surface area contributed by atoms with Crippen LogP contribution in [0.3, 0.4) is 0 Å². The Morgan fingerprint density at radius 1 is 0.933 bits per heavy atom. The highest BCUT2D eigenvalue weighted by Gasteiger charge is 2.17. The summed E-state index contributed by atoms with van der Waals surface area (Å²) in [7, 11) is 2.94. The number of anilines is 1. The number of amides is 1. The SMILES string of the molecule is CCCCCC(=O)Nc1ccc(C(=O)COC(=O)c2ccc(OC)cc2OC)cc1. The fourth-order valence-electron chi connectivity index (χ4n) is 2.76. The molecule has 0 aliphatic carbocycles. The molecule has 0 aromatic heterocycles. The standard InChI is InChI=1S/C23H27NO6/c1-4-5-6-7-22(26)24-17-10-8-16(9-11-17)20(25)15-30-23(27)19-13-12-18(28-2)14-21(19)29-3/h8-14H,4-7,15H2,1-3H3,(H,24,26). The van der Waals surface area contributed by atoms with E-state index in [-0.39, 0.29) is 17.3 Å². The molecule has 1 N–H and O–H groups in total. The van der Waals surface area contributed by atoms with Crippen LogP contribution in [0.15, 0.2) is 42.5 Å². The van der Waals surface area contributed by atoms with Crippen molar-refractivity contribution in [2.75, 3.05) is 26.1 Å². The summed E-state index contributed by atoms with van der Waals surface area (Å²) in [6.45, 7) is 1.68. The number of carbonyl (C=O) groups excluding carboxylic acids is 3. The fraction of sp³-hybridized carbons (Fsp3) is 0.348. The molecular formula is C23H27NO6. The van der Waals surface area contributed by atoms with Gasteiger partial charge < -0.3 is 19.5 Å². The highest BCUT2D eigenvalue weighted by molar-refractivity contribution is 6.00. The Kier molecular flexibility index (Phi) is 8.87. The smallest absolute Gasteiger partial charge is 0.342 e. The van der Waals surface area contributed by atoms with Gasteiger partial charge in [0.05, 0.1) is 14.2 Å². The predicted molar refractivity (Wildman–Crippen MR) is 113 cm³/mol. The maximum atomic E-state index is 12.3. The van der Waals surface area contributed by atoms with Crippen LogP contribution in [0.25, 0.3) is 0 Å². The predicted octanol–water partition coefficient (Wildman–Crippen LogP) is 4.26. The average molecular weight is 413 g/mol. The molecule has 0 aliphatic rings. The Balaban J connectivity index is 1.90. The first-order valence-electron chi connectivity index (χ1n) is 9.80. The minimum absolute atomic E-state index is 0.0510. The van der Waals surface area contributed by atoms with Gasteiger partial charge in [-0.15, -0.1) is 0 Å². The summed E-state index contributed by atoms with van der Waals surface area (Å²) in [6.07, 6.45) is 3.39. The maximum Gasteiger partial charge on any atom is 0.342 e. The quantitative estimate of drug-likeness (QED) is 0.336. The van der Waals surface area contributed by atoms with Crippen molar-refractivity contribution in [2.45, 2.75) is 32.6 Å². The lowest BCUT2D eigenvalue weighted by atomic mass is 10.1. The van der Waals surface area contributed by atoms with Gasteiger partial charge in [0.1, 0.15) is 17.1 Å². The molecule has 0 unspecified atom stereocenters. The fourth-order valence-corrected chi connectivity index (χ4v) is 2.76. The molecule has 2 rings (SSSR count). The van der Waals surface area contributed by atoms with Gasteiger partial charge in [-0.3, -0.25) is 9.59 Å². The van der Waals surface area contributed by atoms with E-state index >= 15 is 0 Å². The molecule has 0 spiro atoms. The summed E-state index contributed by atoms with van der Waals surface area (Å²) in [4.78, 5) is 36.5. The van der Waals surface area contributed by atoms with Crippen molar-refractivity contribution >= 4 is 23.3 Å². The third-order valence-corrected chi connectivity index (χ3v) is 4.46. The lowest BCUT2D eigenvalue weighted by Crippen LogP contribution is -2.15. The molecule has 2 aromatic carbocycles. The van der Waals surface area contributed by atoms with E-state index in [9.17, 15) is 14.4 Å². The van der Waals surface area contributed by atoms with Crippen molar-refractivity contribution in [3.8, 4) is 11.5 Å². The molecule has 2 aromatic rings. The number of esters is 1. The molecule has 0 heterocycles. The largest absolute Gasteiger partial charge is 0.497 e. The molecule has 1 amide bonds. The molecule has 0 radical (unpaired) electrons. The Bertz CT molecular complexity index is 876. The van der Waals surface area contributed by atoms with E-state index in [1.807, 2.05) is 0 Å². The lowest BCUT2D eigenvalue weighted by Gasteiger charge is -2.10. The normalized spacial score (nSPS) is 10.2. The second-order valence-corrected chi connectivity index (χ2v) is 6.65. The third-order valence-electron chi connectivity index (χ3n) is 4.46. The number of nitrogens with one attached hydrogen (secondary N) is 1. The Labute approximate surface area is 176 Å².